The number of carbonyl (C=O) groups is 2. The summed E-state index contributed by atoms with van der Waals surface area (Å²) in [6.07, 6.45) is 0.285. The molecule has 9 nitrogen and oxygen atoms in total. The molecule has 0 saturated carbocycles. The van der Waals surface area contributed by atoms with Crippen molar-refractivity contribution in [3.63, 3.8) is 0 Å². The Morgan fingerprint density at radius 3 is 2.39 bits per heavy atom. The molecule has 0 amide bonds. The highest BCUT2D eigenvalue weighted by Gasteiger charge is 2.40. The summed E-state index contributed by atoms with van der Waals surface area (Å²) in [5.74, 6) is 0.493. The molecule has 5 rings (SSSR count). The molecule has 234 valence electrons. The smallest absolute Gasteiger partial charge is 0.344 e. The lowest BCUT2D eigenvalue weighted by Crippen LogP contribution is -2.43. The third kappa shape index (κ3) is 9.74. The van der Waals surface area contributed by atoms with Crippen LogP contribution in [-0.2, 0) is 20.7 Å². The summed E-state index contributed by atoms with van der Waals surface area (Å²) in [5.41, 5.74) is 0.766. The van der Waals surface area contributed by atoms with Crippen molar-refractivity contribution in [3.8, 4) is 11.5 Å². The molecule has 1 unspecified atom stereocenters. The van der Waals surface area contributed by atoms with Gasteiger partial charge in [-0.05, 0) is 82.0 Å². The van der Waals surface area contributed by atoms with E-state index in [-0.39, 0.29) is 37.1 Å². The topological polar surface area (TPSA) is 105 Å². The van der Waals surface area contributed by atoms with Crippen molar-refractivity contribution in [2.75, 3.05) is 33.9 Å². The first-order valence-electron chi connectivity index (χ1n) is 13.7. The molecule has 2 heterocycles. The van der Waals surface area contributed by atoms with E-state index < -0.39 is 11.2 Å². The van der Waals surface area contributed by atoms with Crippen LogP contribution in [0.25, 0.3) is 11.0 Å². The summed E-state index contributed by atoms with van der Waals surface area (Å²) >= 11 is 5.72. The fraction of sp³-hybridized carbons (Fsp3) is 0.303. The second-order valence-electron chi connectivity index (χ2n) is 10.7. The van der Waals surface area contributed by atoms with Gasteiger partial charge < -0.3 is 28.3 Å². The van der Waals surface area contributed by atoms with E-state index in [1.54, 1.807) is 60.7 Å². The van der Waals surface area contributed by atoms with E-state index in [1.165, 1.54) is 6.07 Å². The van der Waals surface area contributed by atoms with Crippen molar-refractivity contribution in [2.24, 2.45) is 0 Å². The third-order valence-electron chi connectivity index (χ3n) is 6.59. The fourth-order valence-electron chi connectivity index (χ4n) is 4.19. The van der Waals surface area contributed by atoms with E-state index in [0.29, 0.717) is 47.2 Å². The number of halogens is 2. The first-order chi connectivity index (χ1) is 20.5. The molecule has 1 aliphatic heterocycles. The minimum atomic E-state index is -0.820. The van der Waals surface area contributed by atoms with Crippen molar-refractivity contribution >= 4 is 46.9 Å². The highest BCUT2D eigenvalue weighted by atomic mass is 35.5. The number of hydrogen-bond acceptors (Lipinski definition) is 9. The van der Waals surface area contributed by atoms with Gasteiger partial charge in [0.25, 0.3) is 0 Å². The van der Waals surface area contributed by atoms with Gasteiger partial charge in [0.15, 0.2) is 6.61 Å². The van der Waals surface area contributed by atoms with Crippen LogP contribution in [-0.4, -0.2) is 62.4 Å². The number of hydrogen-bond donors (Lipinski definition) is 0. The van der Waals surface area contributed by atoms with Gasteiger partial charge in [-0.3, -0.25) is 0 Å². The maximum absolute atomic E-state index is 12.4. The Morgan fingerprint density at radius 1 is 1.00 bits per heavy atom. The average molecular weight is 645 g/mol. The number of rotatable bonds is 9. The molecule has 3 aromatic carbocycles. The van der Waals surface area contributed by atoms with E-state index >= 15 is 0 Å². The molecule has 0 aliphatic carbocycles. The number of benzene rings is 3. The lowest BCUT2D eigenvalue weighted by Gasteiger charge is -2.30. The average Bonchev–Trinajstić information content (AvgIpc) is 3.40. The van der Waals surface area contributed by atoms with Gasteiger partial charge in [0.1, 0.15) is 35.4 Å². The Kier molecular flexibility index (Phi) is 12.2. The maximum Gasteiger partial charge on any atom is 0.344 e. The summed E-state index contributed by atoms with van der Waals surface area (Å²) in [4.78, 5) is 37.0. The SMILES string of the molecule is CC(C)(OC(=O)c1ccccc1)C1Cc2cc3ccc(=O)oc3cc2O1.CN(C)CCOC(=O)COc1ccc(Cl)cc1.Cl. The standard InChI is InChI=1S/C21H18O5.C12H16ClNO3.ClH/c1-21(2,26-20(23)13-6-4-3-5-7-13)18-11-15-10-14-8-9-19(22)25-16(14)12-17(15)24-18;1-14(2)7-8-16-12(15)9-17-11-5-3-10(13)4-6-11;/h3-10,12,18H,11H2,1-2H3;3-6H,7-9H2,1-2H3;1H. The Hall–Kier alpha value is -4.05. The fourth-order valence-corrected chi connectivity index (χ4v) is 4.32. The van der Waals surface area contributed by atoms with Gasteiger partial charge in [-0.15, -0.1) is 12.4 Å². The lowest BCUT2D eigenvalue weighted by molar-refractivity contribution is -0.146. The maximum atomic E-state index is 12.4. The summed E-state index contributed by atoms with van der Waals surface area (Å²) in [7, 11) is 3.83. The molecule has 0 N–H and O–H groups in total. The first kappa shape index (κ1) is 34.4. The van der Waals surface area contributed by atoms with Crippen molar-refractivity contribution in [1.82, 2.24) is 4.90 Å². The van der Waals surface area contributed by atoms with E-state index in [1.807, 2.05) is 45.0 Å². The Labute approximate surface area is 267 Å². The minimum Gasteiger partial charge on any atom is -0.485 e. The van der Waals surface area contributed by atoms with Crippen LogP contribution in [0.1, 0.15) is 29.8 Å². The van der Waals surface area contributed by atoms with Crippen molar-refractivity contribution in [3.05, 3.63) is 105 Å². The number of carbonyl (C=O) groups excluding carboxylic acids is 2. The second-order valence-corrected chi connectivity index (χ2v) is 11.1. The molecule has 4 aromatic rings. The van der Waals surface area contributed by atoms with Crippen LogP contribution in [0, 0.1) is 0 Å². The van der Waals surface area contributed by atoms with E-state index in [2.05, 4.69) is 0 Å². The monoisotopic (exact) mass is 643 g/mol. The molecule has 1 aliphatic rings. The van der Waals surface area contributed by atoms with Gasteiger partial charge in [-0.1, -0.05) is 29.8 Å². The molecular weight excluding hydrogens is 609 g/mol. The molecule has 0 saturated heterocycles. The van der Waals surface area contributed by atoms with Crippen LogP contribution in [0.15, 0.2) is 88.1 Å². The number of likely N-dealkylation sites (N-methyl/N-ethyl adjacent to an activating group) is 1. The van der Waals surface area contributed by atoms with E-state index in [0.717, 1.165) is 10.9 Å². The van der Waals surface area contributed by atoms with Crippen LogP contribution in [0.4, 0.5) is 0 Å². The molecule has 44 heavy (non-hydrogen) atoms. The van der Waals surface area contributed by atoms with Crippen LogP contribution in [0.3, 0.4) is 0 Å². The predicted octanol–water partition coefficient (Wildman–Crippen LogP) is 5.98. The Bertz CT molecular complexity index is 1600. The third-order valence-corrected chi connectivity index (χ3v) is 6.84. The van der Waals surface area contributed by atoms with Crippen LogP contribution >= 0.6 is 24.0 Å². The number of fused-ring (bicyclic) bond motifs is 2. The van der Waals surface area contributed by atoms with Crippen molar-refractivity contribution in [1.29, 1.82) is 0 Å². The molecule has 0 bridgehead atoms. The lowest BCUT2D eigenvalue weighted by atomic mass is 9.96. The minimum absolute atomic E-state index is 0. The first-order valence-corrected chi connectivity index (χ1v) is 14.1. The zero-order valence-corrected chi connectivity index (χ0v) is 26.5. The quantitative estimate of drug-likeness (QED) is 0.161. The number of nitrogens with zero attached hydrogens (tertiary/aromatic N) is 1. The van der Waals surface area contributed by atoms with Gasteiger partial charge in [0, 0.05) is 35.5 Å². The van der Waals surface area contributed by atoms with Gasteiger partial charge in [-0.25, -0.2) is 14.4 Å². The van der Waals surface area contributed by atoms with Crippen LogP contribution < -0.4 is 15.1 Å². The second kappa shape index (κ2) is 15.6. The molecule has 0 radical (unpaired) electrons. The van der Waals surface area contributed by atoms with Crippen LogP contribution in [0.5, 0.6) is 11.5 Å². The normalized spacial score (nSPS) is 13.5. The summed E-state index contributed by atoms with van der Waals surface area (Å²) < 4.78 is 27.1. The van der Waals surface area contributed by atoms with E-state index in [9.17, 15) is 14.4 Å². The zero-order valence-electron chi connectivity index (χ0n) is 24.9. The Morgan fingerprint density at radius 2 is 1.70 bits per heavy atom. The Balaban J connectivity index is 0.000000258. The summed E-state index contributed by atoms with van der Waals surface area (Å²) in [6, 6.07) is 22.5. The largest absolute Gasteiger partial charge is 0.485 e. The summed E-state index contributed by atoms with van der Waals surface area (Å²) in [5, 5.41) is 1.47. The predicted molar refractivity (Wildman–Crippen MR) is 170 cm³/mol. The molecular formula is C33H35Cl2NO8. The highest BCUT2D eigenvalue weighted by Crippen LogP contribution is 2.37. The van der Waals surface area contributed by atoms with Gasteiger partial charge >= 0.3 is 17.6 Å². The van der Waals surface area contributed by atoms with Crippen LogP contribution in [0.2, 0.25) is 5.02 Å². The van der Waals surface area contributed by atoms with Crippen molar-refractivity contribution < 1.29 is 33.0 Å². The highest BCUT2D eigenvalue weighted by molar-refractivity contribution is 6.30. The molecule has 1 aromatic heterocycles. The van der Waals surface area contributed by atoms with Gasteiger partial charge in [0.05, 0.1) is 5.56 Å². The van der Waals surface area contributed by atoms with Gasteiger partial charge in [0.2, 0.25) is 0 Å². The number of esters is 2. The molecule has 0 fully saturated rings. The zero-order chi connectivity index (χ0) is 31.0. The van der Waals surface area contributed by atoms with Gasteiger partial charge in [-0.2, -0.15) is 0 Å². The summed E-state index contributed by atoms with van der Waals surface area (Å²) in [6.45, 7) is 4.66. The van der Waals surface area contributed by atoms with E-state index in [4.69, 9.17) is 35.0 Å². The molecule has 11 heteroatoms. The molecule has 1 atom stereocenters. The molecule has 0 spiro atoms. The number of ether oxygens (including phenoxy) is 4. The van der Waals surface area contributed by atoms with Crippen molar-refractivity contribution in [2.45, 2.75) is 32.0 Å².